The van der Waals surface area contributed by atoms with Crippen LogP contribution >= 0.6 is 11.6 Å². The first kappa shape index (κ1) is 18.7. The minimum absolute atomic E-state index is 0.0149. The summed E-state index contributed by atoms with van der Waals surface area (Å²) in [6.45, 7) is 1.51. The molecule has 0 unspecified atom stereocenters. The second-order valence-electron chi connectivity index (χ2n) is 5.21. The molecule has 0 bridgehead atoms. The quantitative estimate of drug-likeness (QED) is 0.493. The largest absolute Gasteiger partial charge is 0.514 e. The molecule has 0 aliphatic carbocycles. The Balaban J connectivity index is 2.33. The van der Waals surface area contributed by atoms with Gasteiger partial charge in [-0.2, -0.15) is 0 Å². The Morgan fingerprint density at radius 2 is 1.96 bits per heavy atom. The van der Waals surface area contributed by atoms with E-state index in [9.17, 15) is 22.8 Å². The Hall–Kier alpha value is -3.07. The summed E-state index contributed by atoms with van der Waals surface area (Å²) in [5.74, 6) is -3.39. The Kier molecular flexibility index (Phi) is 5.04. The summed E-state index contributed by atoms with van der Waals surface area (Å²) >= 11 is 5.67. The maximum absolute atomic E-state index is 14.3. The molecule has 0 spiro atoms. The molecule has 0 N–H and O–H groups in total. The zero-order valence-corrected chi connectivity index (χ0v) is 14.4. The Morgan fingerprint density at radius 1 is 1.22 bits per heavy atom. The van der Waals surface area contributed by atoms with E-state index in [4.69, 9.17) is 16.3 Å². The van der Waals surface area contributed by atoms with Gasteiger partial charge >= 0.3 is 6.16 Å². The zero-order chi connectivity index (χ0) is 19.7. The van der Waals surface area contributed by atoms with Crippen LogP contribution in [0.3, 0.4) is 0 Å². The van der Waals surface area contributed by atoms with E-state index in [1.165, 1.54) is 6.92 Å². The molecular formula is C17H10ClF3N2O4. The number of hydrogen-bond donors (Lipinski definition) is 0. The van der Waals surface area contributed by atoms with Gasteiger partial charge in [0.2, 0.25) is 5.43 Å². The number of carbonyl (C=O) groups is 1. The summed E-state index contributed by atoms with van der Waals surface area (Å²) in [7, 11) is 0. The van der Waals surface area contributed by atoms with Crippen molar-refractivity contribution in [2.45, 2.75) is 6.92 Å². The predicted octanol–water partition coefficient (Wildman–Crippen LogP) is 3.99. The van der Waals surface area contributed by atoms with E-state index < -0.39 is 39.9 Å². The summed E-state index contributed by atoms with van der Waals surface area (Å²) in [4.78, 5) is 27.8. The number of benzene rings is 1. The molecule has 6 nitrogen and oxygen atoms in total. The van der Waals surface area contributed by atoms with Crippen molar-refractivity contribution in [1.82, 2.24) is 9.55 Å². The van der Waals surface area contributed by atoms with Gasteiger partial charge in [0.1, 0.15) is 11.6 Å². The van der Waals surface area contributed by atoms with Crippen LogP contribution in [0, 0.1) is 17.5 Å². The van der Waals surface area contributed by atoms with Crippen LogP contribution in [0.25, 0.3) is 16.7 Å². The molecule has 2 heterocycles. The number of halogens is 4. The standard InChI is InChI=1S/C17H10ClF3N2O4/c1-2-26-17(25)27-13-7-23(12-4-3-8(19)5-10(12)20)16-9(14(13)24)6-11(21)15(18)22-16/h3-7H,2H2,1H3. The van der Waals surface area contributed by atoms with Crippen LogP contribution in [0.4, 0.5) is 18.0 Å². The fourth-order valence-electron chi connectivity index (χ4n) is 2.35. The molecular weight excluding hydrogens is 389 g/mol. The highest BCUT2D eigenvalue weighted by molar-refractivity contribution is 6.29. The third-order valence-corrected chi connectivity index (χ3v) is 3.75. The number of hydrogen-bond acceptors (Lipinski definition) is 5. The van der Waals surface area contributed by atoms with Gasteiger partial charge in [0, 0.05) is 6.07 Å². The number of pyridine rings is 2. The molecule has 3 aromatic rings. The molecule has 3 rings (SSSR count). The molecule has 0 saturated heterocycles. The Labute approximate surface area is 154 Å². The number of carbonyl (C=O) groups excluding carboxylic acids is 1. The second kappa shape index (κ2) is 7.28. The minimum atomic E-state index is -1.18. The average molecular weight is 399 g/mol. The van der Waals surface area contributed by atoms with Gasteiger partial charge in [-0.15, -0.1) is 0 Å². The van der Waals surface area contributed by atoms with Crippen molar-refractivity contribution in [2.24, 2.45) is 0 Å². The van der Waals surface area contributed by atoms with Crippen molar-refractivity contribution in [3.8, 4) is 11.4 Å². The van der Waals surface area contributed by atoms with Crippen LogP contribution in [0.2, 0.25) is 5.15 Å². The van der Waals surface area contributed by atoms with E-state index in [1.807, 2.05) is 0 Å². The maximum atomic E-state index is 14.3. The lowest BCUT2D eigenvalue weighted by molar-refractivity contribution is 0.104. The average Bonchev–Trinajstić information content (AvgIpc) is 2.60. The number of rotatable bonds is 3. The van der Waals surface area contributed by atoms with Gasteiger partial charge in [0.05, 0.1) is 23.9 Å². The highest BCUT2D eigenvalue weighted by atomic mass is 35.5. The van der Waals surface area contributed by atoms with Crippen LogP contribution in [0.5, 0.6) is 5.75 Å². The van der Waals surface area contributed by atoms with E-state index in [1.54, 1.807) is 0 Å². The van der Waals surface area contributed by atoms with Crippen LogP contribution in [0.15, 0.2) is 35.3 Å². The van der Waals surface area contributed by atoms with Crippen molar-refractivity contribution < 1.29 is 27.4 Å². The molecule has 0 fully saturated rings. The highest BCUT2D eigenvalue weighted by Gasteiger charge is 2.19. The first-order valence-corrected chi connectivity index (χ1v) is 7.91. The number of nitrogens with zero attached hydrogens (tertiary/aromatic N) is 2. The van der Waals surface area contributed by atoms with Gasteiger partial charge in [0.15, 0.2) is 22.4 Å². The first-order chi connectivity index (χ1) is 12.8. The number of aromatic nitrogens is 2. The highest BCUT2D eigenvalue weighted by Crippen LogP contribution is 2.24. The van der Waals surface area contributed by atoms with E-state index in [0.29, 0.717) is 6.07 Å². The van der Waals surface area contributed by atoms with Crippen LogP contribution in [-0.2, 0) is 4.74 Å². The normalized spacial score (nSPS) is 10.9. The molecule has 1 aromatic carbocycles. The van der Waals surface area contributed by atoms with Crippen LogP contribution < -0.4 is 10.2 Å². The topological polar surface area (TPSA) is 70.4 Å². The third kappa shape index (κ3) is 3.59. The lowest BCUT2D eigenvalue weighted by Gasteiger charge is -2.14. The molecule has 0 radical (unpaired) electrons. The monoisotopic (exact) mass is 398 g/mol. The Morgan fingerprint density at radius 3 is 2.63 bits per heavy atom. The second-order valence-corrected chi connectivity index (χ2v) is 5.56. The summed E-state index contributed by atoms with van der Waals surface area (Å²) in [6, 6.07) is 3.43. The Bertz CT molecular complexity index is 1120. The molecule has 27 heavy (non-hydrogen) atoms. The summed E-state index contributed by atoms with van der Waals surface area (Å²) in [5, 5.41) is -0.889. The summed E-state index contributed by atoms with van der Waals surface area (Å²) < 4.78 is 51.7. The van der Waals surface area contributed by atoms with Crippen molar-refractivity contribution in [3.05, 3.63) is 63.3 Å². The molecule has 0 atom stereocenters. The number of ether oxygens (including phenoxy) is 2. The van der Waals surface area contributed by atoms with Gasteiger partial charge in [-0.25, -0.2) is 22.9 Å². The maximum Gasteiger partial charge on any atom is 0.514 e. The molecule has 0 saturated carbocycles. The zero-order valence-electron chi connectivity index (χ0n) is 13.6. The molecule has 0 aliphatic heterocycles. The number of fused-ring (bicyclic) bond motifs is 1. The summed E-state index contributed by atoms with van der Waals surface area (Å²) in [5.41, 5.74) is -1.33. The van der Waals surface area contributed by atoms with Crippen molar-refractivity contribution in [1.29, 1.82) is 0 Å². The summed E-state index contributed by atoms with van der Waals surface area (Å²) in [6.07, 6.45) is -0.221. The van der Waals surface area contributed by atoms with Gasteiger partial charge < -0.3 is 9.47 Å². The van der Waals surface area contributed by atoms with Gasteiger partial charge in [-0.1, -0.05) is 11.6 Å². The van der Waals surface area contributed by atoms with E-state index in [-0.39, 0.29) is 23.3 Å². The van der Waals surface area contributed by atoms with Crippen molar-refractivity contribution in [3.63, 3.8) is 0 Å². The molecule has 2 aromatic heterocycles. The fraction of sp³-hybridized carbons (Fsp3) is 0.118. The van der Waals surface area contributed by atoms with E-state index in [0.717, 1.165) is 29.0 Å². The minimum Gasteiger partial charge on any atom is -0.434 e. The first-order valence-electron chi connectivity index (χ1n) is 7.53. The smallest absolute Gasteiger partial charge is 0.434 e. The van der Waals surface area contributed by atoms with Gasteiger partial charge in [0.25, 0.3) is 0 Å². The van der Waals surface area contributed by atoms with Crippen molar-refractivity contribution >= 4 is 28.8 Å². The van der Waals surface area contributed by atoms with Gasteiger partial charge in [-0.05, 0) is 25.1 Å². The van der Waals surface area contributed by atoms with E-state index >= 15 is 0 Å². The fourth-order valence-corrected chi connectivity index (χ4v) is 2.48. The van der Waals surface area contributed by atoms with Crippen LogP contribution in [-0.4, -0.2) is 22.3 Å². The lowest BCUT2D eigenvalue weighted by atomic mass is 10.2. The molecule has 0 amide bonds. The van der Waals surface area contributed by atoms with E-state index in [2.05, 4.69) is 9.72 Å². The lowest BCUT2D eigenvalue weighted by Crippen LogP contribution is -2.19. The molecule has 140 valence electrons. The molecule has 10 heteroatoms. The van der Waals surface area contributed by atoms with Gasteiger partial charge in [-0.3, -0.25) is 9.36 Å². The third-order valence-electron chi connectivity index (χ3n) is 3.48. The van der Waals surface area contributed by atoms with Crippen molar-refractivity contribution in [2.75, 3.05) is 6.61 Å². The predicted molar refractivity (Wildman–Crippen MR) is 89.9 cm³/mol. The van der Waals surface area contributed by atoms with Crippen LogP contribution in [0.1, 0.15) is 6.92 Å². The molecule has 0 aliphatic rings. The SMILES string of the molecule is CCOC(=O)Oc1cn(-c2ccc(F)cc2F)c2nc(Cl)c(F)cc2c1=O.